The van der Waals surface area contributed by atoms with Gasteiger partial charge in [-0.15, -0.1) is 0 Å². The van der Waals surface area contributed by atoms with Gasteiger partial charge in [-0.25, -0.2) is 5.43 Å². The van der Waals surface area contributed by atoms with Crippen molar-refractivity contribution in [2.45, 2.75) is 12.2 Å². The average molecular weight is 515 g/mol. The maximum atomic E-state index is 13.2. The Bertz CT molecular complexity index is 1220. The maximum absolute atomic E-state index is 13.2. The number of ether oxygens (including phenoxy) is 1. The lowest BCUT2D eigenvalue weighted by atomic mass is 9.85. The summed E-state index contributed by atoms with van der Waals surface area (Å²) < 4.78 is 6.81. The average Bonchev–Trinajstić information content (AvgIpc) is 2.89. The van der Waals surface area contributed by atoms with Gasteiger partial charge in [0, 0.05) is 10.0 Å². The van der Waals surface area contributed by atoms with Crippen LogP contribution in [0.5, 0.6) is 5.75 Å². The van der Waals surface area contributed by atoms with E-state index in [-0.39, 0.29) is 0 Å². The molecular formula is C28H23BrN2O3. The van der Waals surface area contributed by atoms with E-state index in [4.69, 9.17) is 4.74 Å². The molecule has 0 saturated carbocycles. The Kier molecular flexibility index (Phi) is 7.52. The van der Waals surface area contributed by atoms with Crippen LogP contribution >= 0.6 is 15.9 Å². The summed E-state index contributed by atoms with van der Waals surface area (Å²) in [4.78, 5) is 13.2. The zero-order chi connectivity index (χ0) is 23.8. The highest BCUT2D eigenvalue weighted by molar-refractivity contribution is 9.10. The van der Waals surface area contributed by atoms with Crippen LogP contribution in [0.3, 0.4) is 0 Å². The molecule has 0 saturated heterocycles. The number of benzene rings is 4. The lowest BCUT2D eigenvalue weighted by Crippen LogP contribution is -2.43. The van der Waals surface area contributed by atoms with Crippen LogP contribution in [0.25, 0.3) is 0 Å². The number of hydrogen-bond donors (Lipinski definition) is 2. The quantitative estimate of drug-likeness (QED) is 0.244. The number of hydrogen-bond acceptors (Lipinski definition) is 4. The normalized spacial score (nSPS) is 11.4. The minimum Gasteiger partial charge on any atom is -0.488 e. The van der Waals surface area contributed by atoms with E-state index in [1.807, 2.05) is 60.7 Å². The largest absolute Gasteiger partial charge is 0.488 e. The van der Waals surface area contributed by atoms with Gasteiger partial charge in [-0.3, -0.25) is 4.79 Å². The number of nitrogens with zero attached hydrogens (tertiary/aromatic N) is 1. The van der Waals surface area contributed by atoms with Crippen molar-refractivity contribution in [1.82, 2.24) is 5.43 Å². The fourth-order valence-corrected chi connectivity index (χ4v) is 3.89. The Morgan fingerprint density at radius 1 is 0.882 bits per heavy atom. The summed E-state index contributed by atoms with van der Waals surface area (Å²) in [6.45, 7) is 0.400. The SMILES string of the molecule is O=C(N/N=C\c1cc(Br)ccc1OCc1ccccc1)C(O)(c1ccccc1)c1ccccc1. The Morgan fingerprint density at radius 2 is 1.44 bits per heavy atom. The van der Waals surface area contributed by atoms with Gasteiger partial charge in [-0.2, -0.15) is 5.10 Å². The van der Waals surface area contributed by atoms with Crippen molar-refractivity contribution in [1.29, 1.82) is 0 Å². The van der Waals surface area contributed by atoms with Gasteiger partial charge in [0.1, 0.15) is 12.4 Å². The van der Waals surface area contributed by atoms with Crippen LogP contribution in [0.4, 0.5) is 0 Å². The molecule has 0 radical (unpaired) electrons. The van der Waals surface area contributed by atoms with E-state index in [1.54, 1.807) is 48.5 Å². The smallest absolute Gasteiger partial charge is 0.281 e. The van der Waals surface area contributed by atoms with E-state index in [1.165, 1.54) is 6.21 Å². The van der Waals surface area contributed by atoms with Crippen molar-refractivity contribution >= 4 is 28.1 Å². The fraction of sp³-hybridized carbons (Fsp3) is 0.0714. The van der Waals surface area contributed by atoms with Crippen molar-refractivity contribution < 1.29 is 14.6 Å². The molecule has 4 aromatic rings. The summed E-state index contributed by atoms with van der Waals surface area (Å²) in [5, 5.41) is 15.6. The maximum Gasteiger partial charge on any atom is 0.281 e. The highest BCUT2D eigenvalue weighted by atomic mass is 79.9. The molecule has 0 atom stereocenters. The third kappa shape index (κ3) is 5.42. The predicted molar refractivity (Wildman–Crippen MR) is 137 cm³/mol. The van der Waals surface area contributed by atoms with E-state index in [0.29, 0.717) is 29.0 Å². The van der Waals surface area contributed by atoms with Crippen LogP contribution in [0.1, 0.15) is 22.3 Å². The van der Waals surface area contributed by atoms with Crippen molar-refractivity contribution in [3.63, 3.8) is 0 Å². The first-order valence-electron chi connectivity index (χ1n) is 10.7. The third-order valence-corrected chi connectivity index (χ3v) is 5.78. The van der Waals surface area contributed by atoms with Crippen LogP contribution in [-0.4, -0.2) is 17.2 Å². The van der Waals surface area contributed by atoms with Crippen LogP contribution in [-0.2, 0) is 17.0 Å². The Balaban J connectivity index is 1.55. The van der Waals surface area contributed by atoms with Crippen LogP contribution in [0, 0.1) is 0 Å². The molecule has 5 nitrogen and oxygen atoms in total. The molecule has 34 heavy (non-hydrogen) atoms. The van der Waals surface area contributed by atoms with Crippen molar-refractivity contribution in [3.8, 4) is 5.75 Å². The first-order valence-corrected chi connectivity index (χ1v) is 11.5. The molecule has 0 unspecified atom stereocenters. The molecule has 0 bridgehead atoms. The number of halogens is 1. The number of nitrogens with one attached hydrogen (secondary N) is 1. The summed E-state index contributed by atoms with van der Waals surface area (Å²) in [6.07, 6.45) is 1.50. The lowest BCUT2D eigenvalue weighted by Gasteiger charge is -2.27. The van der Waals surface area contributed by atoms with E-state index in [2.05, 4.69) is 26.5 Å². The van der Waals surface area contributed by atoms with Gasteiger partial charge in [0.25, 0.3) is 5.91 Å². The van der Waals surface area contributed by atoms with Gasteiger partial charge >= 0.3 is 0 Å². The lowest BCUT2D eigenvalue weighted by molar-refractivity contribution is -0.136. The van der Waals surface area contributed by atoms with Gasteiger partial charge in [0.2, 0.25) is 0 Å². The second-order valence-electron chi connectivity index (χ2n) is 7.60. The Labute approximate surface area is 206 Å². The first-order chi connectivity index (χ1) is 16.6. The molecule has 1 amide bonds. The number of carbonyl (C=O) groups excluding carboxylic acids is 1. The second-order valence-corrected chi connectivity index (χ2v) is 8.51. The minimum absolute atomic E-state index is 0.400. The molecule has 2 N–H and O–H groups in total. The molecule has 0 fully saturated rings. The second kappa shape index (κ2) is 10.9. The number of amides is 1. The molecule has 0 aliphatic heterocycles. The number of rotatable bonds is 8. The molecule has 0 aliphatic carbocycles. The number of carbonyl (C=O) groups is 1. The fourth-order valence-electron chi connectivity index (χ4n) is 3.52. The molecular weight excluding hydrogens is 492 g/mol. The molecule has 0 aliphatic rings. The zero-order valence-electron chi connectivity index (χ0n) is 18.3. The summed E-state index contributed by atoms with van der Waals surface area (Å²) in [5.74, 6) is -0.0469. The molecule has 0 heterocycles. The third-order valence-electron chi connectivity index (χ3n) is 5.29. The topological polar surface area (TPSA) is 70.9 Å². The van der Waals surface area contributed by atoms with Gasteiger partial charge in [-0.1, -0.05) is 107 Å². The van der Waals surface area contributed by atoms with Gasteiger partial charge in [0.05, 0.1) is 6.21 Å². The first kappa shape index (κ1) is 23.4. The molecule has 6 heteroatoms. The molecule has 4 rings (SSSR count). The summed E-state index contributed by atoms with van der Waals surface area (Å²) in [5.41, 5.74) is 3.21. The minimum atomic E-state index is -1.90. The van der Waals surface area contributed by atoms with Crippen molar-refractivity contribution in [2.75, 3.05) is 0 Å². The van der Waals surface area contributed by atoms with Crippen molar-refractivity contribution in [2.24, 2.45) is 5.10 Å². The number of hydrazone groups is 1. The monoisotopic (exact) mass is 514 g/mol. The number of aliphatic hydroxyl groups is 1. The molecule has 0 spiro atoms. The van der Waals surface area contributed by atoms with E-state index in [9.17, 15) is 9.90 Å². The van der Waals surface area contributed by atoms with Crippen LogP contribution in [0.15, 0.2) is 119 Å². The summed E-state index contributed by atoms with van der Waals surface area (Å²) >= 11 is 3.46. The molecule has 170 valence electrons. The van der Waals surface area contributed by atoms with E-state index in [0.717, 1.165) is 10.0 Å². The van der Waals surface area contributed by atoms with Gasteiger partial charge < -0.3 is 9.84 Å². The highest BCUT2D eigenvalue weighted by Gasteiger charge is 2.39. The zero-order valence-corrected chi connectivity index (χ0v) is 19.9. The standard InChI is InChI=1S/C28H23BrN2O3/c29-25-16-17-26(34-20-21-10-4-1-5-11-21)22(18-25)19-30-31-27(32)28(33,23-12-6-2-7-13-23)24-14-8-3-9-15-24/h1-19,33H,20H2,(H,31,32)/b30-19-. The molecule has 4 aromatic carbocycles. The van der Waals surface area contributed by atoms with Gasteiger partial charge in [0.15, 0.2) is 5.60 Å². The Morgan fingerprint density at radius 3 is 2.03 bits per heavy atom. The molecule has 0 aromatic heterocycles. The van der Waals surface area contributed by atoms with Crippen LogP contribution in [0.2, 0.25) is 0 Å². The summed E-state index contributed by atoms with van der Waals surface area (Å²) in [7, 11) is 0. The van der Waals surface area contributed by atoms with Crippen LogP contribution < -0.4 is 10.2 Å². The summed E-state index contributed by atoms with van der Waals surface area (Å²) in [6, 6.07) is 33.0. The Hall–Kier alpha value is -3.74. The van der Waals surface area contributed by atoms with Crippen molar-refractivity contribution in [3.05, 3.63) is 136 Å². The van der Waals surface area contributed by atoms with E-state index >= 15 is 0 Å². The predicted octanol–water partition coefficient (Wildman–Crippen LogP) is 5.41. The highest BCUT2D eigenvalue weighted by Crippen LogP contribution is 2.30. The van der Waals surface area contributed by atoms with E-state index < -0.39 is 11.5 Å². The van der Waals surface area contributed by atoms with Gasteiger partial charge in [-0.05, 0) is 34.9 Å².